The standard InChI is InChI=1S/C47H64N4O12.ClH/c1-24-13-12-14-25(2)46(59)49-37-32(23-48-51-20-18-50(19-21-51)31-15-10-11-16-31)41(56)34-35(42(37)57)40(55)29(6)44-36(34)45(58)47(8,63-44)61-22-17-33(60-9)26(3)43(62-30(7)52)28(5)39(54)27(4)38(24)53;/h12-14,17,22-24,26-28,31,33,38-39,43,53-57H,10-11,15-16,18-21H2,1-9H3,(H,49,59);1H/b13-12+,22-17+,25-14-,48-23+;/t24-,26+,27+,28+,33?,38-,39+,43+,47?;/m0./s1. The first kappa shape index (κ1) is 50.1. The number of halogens is 1. The zero-order chi connectivity index (χ0) is 46.1. The monoisotopic (exact) mass is 912 g/mol. The highest BCUT2D eigenvalue weighted by atomic mass is 35.5. The maximum atomic E-state index is 14.5. The summed E-state index contributed by atoms with van der Waals surface area (Å²) in [4.78, 5) is 43.2. The van der Waals surface area contributed by atoms with E-state index < -0.39 is 88.8 Å². The van der Waals surface area contributed by atoms with E-state index >= 15 is 0 Å². The molecular weight excluding hydrogens is 848 g/mol. The van der Waals surface area contributed by atoms with Crippen molar-refractivity contribution in [2.75, 3.05) is 38.6 Å². The first-order chi connectivity index (χ1) is 29.8. The molecule has 0 radical (unpaired) electrons. The lowest BCUT2D eigenvalue weighted by Crippen LogP contribution is -2.47. The number of hydrogen-bond donors (Lipinski definition) is 6. The van der Waals surface area contributed by atoms with Crippen LogP contribution in [0.25, 0.3) is 10.8 Å². The summed E-state index contributed by atoms with van der Waals surface area (Å²) in [5, 5.41) is 67.6. The van der Waals surface area contributed by atoms with Gasteiger partial charge in [-0.05, 0) is 32.8 Å². The largest absolute Gasteiger partial charge is 0.507 e. The summed E-state index contributed by atoms with van der Waals surface area (Å²) in [6.07, 6.45) is 9.75. The van der Waals surface area contributed by atoms with Gasteiger partial charge in [0.1, 0.15) is 23.4 Å². The number of amides is 1. The third-order valence-corrected chi connectivity index (χ3v) is 13.5. The van der Waals surface area contributed by atoms with Crippen LogP contribution in [0.2, 0.25) is 0 Å². The number of aliphatic hydroxyl groups excluding tert-OH is 2. The molecule has 0 aromatic heterocycles. The number of carbonyl (C=O) groups is 3. The number of rotatable bonds is 5. The molecule has 1 aliphatic carbocycles. The number of ketones is 1. The van der Waals surface area contributed by atoms with E-state index in [1.807, 2.05) is 5.01 Å². The van der Waals surface area contributed by atoms with Crippen LogP contribution in [0.5, 0.6) is 23.0 Å². The molecule has 6 N–H and O–H groups in total. The van der Waals surface area contributed by atoms with E-state index in [-0.39, 0.29) is 56.9 Å². The molecule has 7 rings (SSSR count). The van der Waals surface area contributed by atoms with Crippen LogP contribution in [0.3, 0.4) is 0 Å². The third kappa shape index (κ3) is 9.86. The number of aliphatic hydroxyl groups is 2. The number of hydrazone groups is 1. The van der Waals surface area contributed by atoms with Crippen LogP contribution in [-0.2, 0) is 23.8 Å². The molecule has 1 saturated carbocycles. The summed E-state index contributed by atoms with van der Waals surface area (Å²) in [5.74, 6) is -8.28. The van der Waals surface area contributed by atoms with E-state index in [1.165, 1.54) is 85.1 Å². The van der Waals surface area contributed by atoms with Crippen LogP contribution in [0.4, 0.5) is 5.69 Å². The Morgan fingerprint density at radius 3 is 2.20 bits per heavy atom. The number of ether oxygens (including phenoxy) is 4. The van der Waals surface area contributed by atoms with Gasteiger partial charge in [-0.15, -0.1) is 12.4 Å². The number of esters is 1. The molecule has 5 aliphatic rings. The second-order valence-electron chi connectivity index (χ2n) is 17.8. The molecule has 352 valence electrons. The number of methoxy groups -OCH3 is 1. The molecule has 4 heterocycles. The van der Waals surface area contributed by atoms with Crippen molar-refractivity contribution in [1.82, 2.24) is 9.91 Å². The van der Waals surface area contributed by atoms with Gasteiger partial charge in [0.15, 0.2) is 5.75 Å². The molecule has 4 aliphatic heterocycles. The van der Waals surface area contributed by atoms with E-state index in [1.54, 1.807) is 39.8 Å². The first-order valence-corrected chi connectivity index (χ1v) is 21.9. The lowest BCUT2D eigenvalue weighted by atomic mass is 9.78. The second kappa shape index (κ2) is 20.5. The average Bonchev–Trinajstić information content (AvgIpc) is 3.89. The predicted octanol–water partition coefficient (Wildman–Crippen LogP) is 6.07. The van der Waals surface area contributed by atoms with Crippen molar-refractivity contribution in [3.8, 4) is 23.0 Å². The summed E-state index contributed by atoms with van der Waals surface area (Å²) in [6.45, 7) is 15.4. The van der Waals surface area contributed by atoms with E-state index in [9.17, 15) is 39.9 Å². The number of piperazine rings is 1. The first-order valence-electron chi connectivity index (χ1n) is 21.9. The van der Waals surface area contributed by atoms with Crippen LogP contribution in [-0.4, -0.2) is 129 Å². The van der Waals surface area contributed by atoms with Crippen LogP contribution in [0, 0.1) is 30.6 Å². The number of fused-ring (bicyclic) bond motifs is 14. The Labute approximate surface area is 381 Å². The number of phenolic OH excluding ortho intramolecular Hbond substituents is 3. The number of nitrogens with one attached hydrogen (secondary N) is 1. The van der Waals surface area contributed by atoms with Crippen molar-refractivity contribution in [2.24, 2.45) is 28.8 Å². The Balaban J connectivity index is 0.00000771. The lowest BCUT2D eigenvalue weighted by molar-refractivity contribution is -0.160. The number of aromatic hydroxyl groups is 3. The number of phenols is 3. The molecule has 5 bridgehead atoms. The zero-order valence-electron chi connectivity index (χ0n) is 38.2. The Morgan fingerprint density at radius 1 is 0.922 bits per heavy atom. The highest BCUT2D eigenvalue weighted by molar-refractivity contribution is 6.23. The molecule has 2 aromatic rings. The van der Waals surface area contributed by atoms with Crippen molar-refractivity contribution in [1.29, 1.82) is 0 Å². The predicted molar refractivity (Wildman–Crippen MR) is 244 cm³/mol. The molecule has 1 saturated heterocycles. The van der Waals surface area contributed by atoms with E-state index in [4.69, 9.17) is 18.9 Å². The number of benzene rings is 2. The van der Waals surface area contributed by atoms with Gasteiger partial charge in [0.2, 0.25) is 0 Å². The quantitative estimate of drug-likeness (QED) is 0.0869. The Morgan fingerprint density at radius 2 is 1.58 bits per heavy atom. The average molecular weight is 914 g/mol. The third-order valence-electron chi connectivity index (χ3n) is 13.5. The van der Waals surface area contributed by atoms with Crippen molar-refractivity contribution >= 4 is 52.7 Å². The van der Waals surface area contributed by atoms with Gasteiger partial charge in [0, 0.05) is 93.4 Å². The summed E-state index contributed by atoms with van der Waals surface area (Å²) >= 11 is 0. The molecule has 17 heteroatoms. The SMILES string of the molecule is COC1/C=C/OC2(C)Oc3c(C)c(O)c4c(O)c(c(/C=N/N5CCN(C6CCCC6)CC5)c(O)c4c3C2=O)NC(=O)/C(C)=C\C=C\[C@H](C)[C@H](O)[C@@H](C)[C@@H](O)[C@@H](C)[C@H](OC(C)=O)[C@@H]1C.Cl. The van der Waals surface area contributed by atoms with Crippen molar-refractivity contribution < 1.29 is 58.9 Å². The van der Waals surface area contributed by atoms with E-state index in [2.05, 4.69) is 15.3 Å². The summed E-state index contributed by atoms with van der Waals surface area (Å²) in [7, 11) is 1.44. The number of allylic oxidation sites excluding steroid dienone is 2. The number of hydrogen-bond acceptors (Lipinski definition) is 15. The Kier molecular flexibility index (Phi) is 16.1. The highest BCUT2D eigenvalue weighted by Gasteiger charge is 2.50. The number of Topliss-reactive ketones (excluding diaryl/α,β-unsaturated/α-hetero) is 1. The molecule has 9 atom stereocenters. The molecular formula is C47H65ClN4O12. The van der Waals surface area contributed by atoms with Crippen LogP contribution in [0.15, 0.2) is 41.2 Å². The number of nitrogens with zero attached hydrogens (tertiary/aromatic N) is 3. The van der Waals surface area contributed by atoms with Gasteiger partial charge in [-0.1, -0.05) is 58.8 Å². The van der Waals surface area contributed by atoms with Gasteiger partial charge in [0.25, 0.3) is 11.7 Å². The maximum absolute atomic E-state index is 14.5. The molecule has 16 nitrogen and oxygen atoms in total. The van der Waals surface area contributed by atoms with Gasteiger partial charge < -0.3 is 49.8 Å². The Bertz CT molecular complexity index is 2200. The lowest BCUT2D eigenvalue weighted by Gasteiger charge is -2.38. The van der Waals surface area contributed by atoms with E-state index in [0.717, 1.165) is 13.1 Å². The maximum Gasteiger partial charge on any atom is 0.312 e. The smallest absolute Gasteiger partial charge is 0.312 e. The fourth-order valence-corrected chi connectivity index (χ4v) is 9.47. The molecule has 2 aromatic carbocycles. The number of anilines is 1. The minimum Gasteiger partial charge on any atom is -0.507 e. The highest BCUT2D eigenvalue weighted by Crippen LogP contribution is 2.55. The summed E-state index contributed by atoms with van der Waals surface area (Å²) in [5.41, 5.74) is -0.293. The zero-order valence-corrected chi connectivity index (χ0v) is 39.0. The molecule has 64 heavy (non-hydrogen) atoms. The fourth-order valence-electron chi connectivity index (χ4n) is 9.47. The molecule has 1 amide bonds. The van der Waals surface area contributed by atoms with Gasteiger partial charge in [0.05, 0.1) is 53.0 Å². The summed E-state index contributed by atoms with van der Waals surface area (Å²) in [6, 6.07) is 0.553. The van der Waals surface area contributed by atoms with Crippen LogP contribution < -0.4 is 10.1 Å². The van der Waals surface area contributed by atoms with Crippen molar-refractivity contribution in [3.05, 3.63) is 52.8 Å². The van der Waals surface area contributed by atoms with Gasteiger partial charge in [-0.2, -0.15) is 5.10 Å². The molecule has 2 unspecified atom stereocenters. The van der Waals surface area contributed by atoms with Gasteiger partial charge in [-0.3, -0.25) is 24.3 Å². The second-order valence-corrected chi connectivity index (χ2v) is 17.8. The van der Waals surface area contributed by atoms with Gasteiger partial charge in [-0.25, -0.2) is 0 Å². The Hall–Kier alpha value is -4.87. The van der Waals surface area contributed by atoms with Crippen LogP contribution in [0.1, 0.15) is 95.6 Å². The molecule has 2 fully saturated rings. The summed E-state index contributed by atoms with van der Waals surface area (Å²) < 4.78 is 23.7. The van der Waals surface area contributed by atoms with Crippen LogP contribution >= 0.6 is 12.4 Å². The normalized spacial score (nSPS) is 31.9. The van der Waals surface area contributed by atoms with Crippen molar-refractivity contribution in [3.63, 3.8) is 0 Å². The molecule has 0 spiro atoms. The topological polar surface area (TPSA) is 220 Å². The van der Waals surface area contributed by atoms with Gasteiger partial charge >= 0.3 is 11.8 Å². The fraction of sp³-hybridized carbons (Fsp3) is 0.574. The van der Waals surface area contributed by atoms with E-state index in [0.29, 0.717) is 19.1 Å². The minimum atomic E-state index is -2.04. The number of carbonyl (C=O) groups excluding carboxylic acids is 3. The minimum absolute atomic E-state index is 0. The van der Waals surface area contributed by atoms with Crippen molar-refractivity contribution in [2.45, 2.75) is 117 Å².